The van der Waals surface area contributed by atoms with Crippen molar-refractivity contribution in [2.75, 3.05) is 5.32 Å². The van der Waals surface area contributed by atoms with Crippen LogP contribution in [0.15, 0.2) is 45.8 Å². The Bertz CT molecular complexity index is 950. The number of para-hydroxylation sites is 1. The third-order valence-electron chi connectivity index (χ3n) is 3.38. The van der Waals surface area contributed by atoms with Crippen molar-refractivity contribution in [3.63, 3.8) is 0 Å². The van der Waals surface area contributed by atoms with Crippen LogP contribution < -0.4 is 10.7 Å². The van der Waals surface area contributed by atoms with Crippen molar-refractivity contribution in [2.24, 2.45) is 0 Å². The Kier molecular flexibility index (Phi) is 4.08. The molecule has 0 saturated heterocycles. The van der Waals surface area contributed by atoms with Crippen LogP contribution in [0.25, 0.3) is 17.0 Å². The van der Waals surface area contributed by atoms with E-state index in [1.54, 1.807) is 24.3 Å². The number of nitrogens with one attached hydrogen (secondary N) is 1. The molecule has 0 aliphatic rings. The van der Waals surface area contributed by atoms with Crippen LogP contribution >= 0.6 is 11.3 Å². The van der Waals surface area contributed by atoms with Crippen molar-refractivity contribution in [1.82, 2.24) is 4.98 Å². The van der Waals surface area contributed by atoms with Gasteiger partial charge in [-0.15, -0.1) is 11.3 Å². The molecule has 6 heteroatoms. The first-order chi connectivity index (χ1) is 11.0. The van der Waals surface area contributed by atoms with Crippen molar-refractivity contribution < 1.29 is 9.21 Å². The number of nitrogens with zero attached hydrogens (tertiary/aromatic N) is 1. The summed E-state index contributed by atoms with van der Waals surface area (Å²) >= 11 is 1.41. The molecule has 0 fully saturated rings. The van der Waals surface area contributed by atoms with Crippen LogP contribution in [0, 0.1) is 13.8 Å². The zero-order valence-electron chi connectivity index (χ0n) is 12.6. The van der Waals surface area contributed by atoms with E-state index in [0.717, 1.165) is 10.6 Å². The Labute approximate surface area is 136 Å². The molecule has 0 unspecified atom stereocenters. The van der Waals surface area contributed by atoms with E-state index in [2.05, 4.69) is 10.3 Å². The van der Waals surface area contributed by atoms with Gasteiger partial charge in [0.25, 0.3) is 0 Å². The van der Waals surface area contributed by atoms with Gasteiger partial charge in [-0.3, -0.25) is 14.9 Å². The maximum atomic E-state index is 12.3. The molecule has 1 amide bonds. The van der Waals surface area contributed by atoms with E-state index >= 15 is 0 Å². The van der Waals surface area contributed by atoms with Gasteiger partial charge < -0.3 is 4.42 Å². The molecule has 0 saturated carbocycles. The molecular formula is C17H14N2O3S. The number of hydrogen-bond acceptors (Lipinski definition) is 5. The molecule has 1 aromatic carbocycles. The number of aryl methyl sites for hydroxylation is 2. The molecule has 2 aromatic heterocycles. The molecular weight excluding hydrogens is 312 g/mol. The van der Waals surface area contributed by atoms with Crippen LogP contribution in [-0.4, -0.2) is 10.9 Å². The number of anilines is 1. The molecule has 1 N–H and O–H groups in total. The average Bonchev–Trinajstić information content (AvgIpc) is 2.84. The Morgan fingerprint density at radius 2 is 2.09 bits per heavy atom. The van der Waals surface area contributed by atoms with Crippen LogP contribution in [0.3, 0.4) is 0 Å². The molecule has 0 bridgehead atoms. The number of rotatable bonds is 3. The van der Waals surface area contributed by atoms with Gasteiger partial charge in [-0.25, -0.2) is 4.98 Å². The van der Waals surface area contributed by atoms with E-state index in [-0.39, 0.29) is 11.3 Å². The van der Waals surface area contributed by atoms with E-state index in [0.29, 0.717) is 21.7 Å². The molecule has 0 aliphatic heterocycles. The highest BCUT2D eigenvalue weighted by atomic mass is 32.1. The number of carbonyl (C=O) groups is 1. The number of carbonyl (C=O) groups excluding carboxylic acids is 1. The first-order valence-electron chi connectivity index (χ1n) is 6.98. The second-order valence-corrected chi connectivity index (χ2v) is 6.20. The Hall–Kier alpha value is -2.73. The highest BCUT2D eigenvalue weighted by Gasteiger charge is 2.07. The standard InChI is InChI=1S/C17H14N2O3S/c1-10-11(2)23-17(18-10)19-15(20)8-7-12-9-22-14-6-4-3-5-13(14)16(12)21/h3-9H,1-2H3,(H,18,19,20)/b8-7+. The van der Waals surface area contributed by atoms with E-state index in [1.165, 1.54) is 29.8 Å². The SMILES string of the molecule is Cc1nc(NC(=O)/C=C/c2coc3ccccc3c2=O)sc1C. The van der Waals surface area contributed by atoms with Gasteiger partial charge in [-0.2, -0.15) is 0 Å². The Morgan fingerprint density at radius 1 is 1.30 bits per heavy atom. The highest BCUT2D eigenvalue weighted by Crippen LogP contribution is 2.21. The third kappa shape index (κ3) is 3.22. The smallest absolute Gasteiger partial charge is 0.250 e. The lowest BCUT2D eigenvalue weighted by Gasteiger charge is -1.98. The highest BCUT2D eigenvalue weighted by molar-refractivity contribution is 7.15. The third-order valence-corrected chi connectivity index (χ3v) is 4.37. The number of benzene rings is 1. The van der Waals surface area contributed by atoms with E-state index in [9.17, 15) is 9.59 Å². The number of fused-ring (bicyclic) bond motifs is 1. The van der Waals surface area contributed by atoms with Crippen LogP contribution in [-0.2, 0) is 4.79 Å². The summed E-state index contributed by atoms with van der Waals surface area (Å²) in [6.07, 6.45) is 4.10. The number of hydrogen-bond donors (Lipinski definition) is 1. The van der Waals surface area contributed by atoms with E-state index in [4.69, 9.17) is 4.42 Å². The van der Waals surface area contributed by atoms with Gasteiger partial charge in [-0.05, 0) is 32.1 Å². The van der Waals surface area contributed by atoms with Crippen LogP contribution in [0.4, 0.5) is 5.13 Å². The van der Waals surface area contributed by atoms with Crippen molar-refractivity contribution in [1.29, 1.82) is 0 Å². The summed E-state index contributed by atoms with van der Waals surface area (Å²) < 4.78 is 5.40. The van der Waals surface area contributed by atoms with E-state index < -0.39 is 0 Å². The summed E-state index contributed by atoms with van der Waals surface area (Å²) in [5.74, 6) is -0.341. The monoisotopic (exact) mass is 326 g/mol. The first kappa shape index (κ1) is 15.2. The zero-order chi connectivity index (χ0) is 16.4. The Balaban J connectivity index is 1.81. The fourth-order valence-electron chi connectivity index (χ4n) is 2.05. The molecule has 0 atom stereocenters. The second-order valence-electron chi connectivity index (χ2n) is 5.00. The first-order valence-corrected chi connectivity index (χ1v) is 7.80. The van der Waals surface area contributed by atoms with Gasteiger partial charge in [0.15, 0.2) is 10.6 Å². The largest absolute Gasteiger partial charge is 0.463 e. The van der Waals surface area contributed by atoms with Crippen LogP contribution in [0.2, 0.25) is 0 Å². The molecule has 23 heavy (non-hydrogen) atoms. The summed E-state index contributed by atoms with van der Waals surface area (Å²) in [6.45, 7) is 3.83. The lowest BCUT2D eigenvalue weighted by Crippen LogP contribution is -2.09. The summed E-state index contributed by atoms with van der Waals surface area (Å²) in [4.78, 5) is 29.5. The number of thiazole rings is 1. The van der Waals surface area contributed by atoms with Crippen molar-refractivity contribution >= 4 is 39.4 Å². The predicted molar refractivity (Wildman–Crippen MR) is 91.7 cm³/mol. The molecule has 0 spiro atoms. The fraction of sp³-hybridized carbons (Fsp3) is 0.118. The maximum absolute atomic E-state index is 12.3. The second kappa shape index (κ2) is 6.18. The van der Waals surface area contributed by atoms with E-state index in [1.807, 2.05) is 13.8 Å². The zero-order valence-corrected chi connectivity index (χ0v) is 13.4. The summed E-state index contributed by atoms with van der Waals surface area (Å²) in [7, 11) is 0. The van der Waals surface area contributed by atoms with Gasteiger partial charge in [-0.1, -0.05) is 12.1 Å². The average molecular weight is 326 g/mol. The quantitative estimate of drug-likeness (QED) is 0.748. The number of amides is 1. The molecule has 116 valence electrons. The minimum absolute atomic E-state index is 0.170. The molecule has 0 aliphatic carbocycles. The van der Waals surface area contributed by atoms with Gasteiger partial charge in [0.1, 0.15) is 11.8 Å². The molecule has 0 radical (unpaired) electrons. The molecule has 3 rings (SSSR count). The summed E-state index contributed by atoms with van der Waals surface area (Å²) in [6, 6.07) is 6.99. The minimum atomic E-state index is -0.341. The number of aromatic nitrogens is 1. The van der Waals surface area contributed by atoms with Gasteiger partial charge >= 0.3 is 0 Å². The van der Waals surface area contributed by atoms with Crippen LogP contribution in [0.5, 0.6) is 0 Å². The normalized spacial score (nSPS) is 11.2. The molecule has 5 nitrogen and oxygen atoms in total. The Morgan fingerprint density at radius 3 is 2.83 bits per heavy atom. The van der Waals surface area contributed by atoms with Gasteiger partial charge in [0, 0.05) is 11.0 Å². The topological polar surface area (TPSA) is 72.2 Å². The van der Waals surface area contributed by atoms with Crippen LogP contribution in [0.1, 0.15) is 16.1 Å². The van der Waals surface area contributed by atoms with Crippen molar-refractivity contribution in [3.8, 4) is 0 Å². The lowest BCUT2D eigenvalue weighted by molar-refractivity contribution is -0.111. The minimum Gasteiger partial charge on any atom is -0.463 e. The van der Waals surface area contributed by atoms with Gasteiger partial charge in [0.2, 0.25) is 5.91 Å². The molecule has 2 heterocycles. The maximum Gasteiger partial charge on any atom is 0.250 e. The lowest BCUT2D eigenvalue weighted by atomic mass is 10.1. The van der Waals surface area contributed by atoms with Gasteiger partial charge in [0.05, 0.1) is 16.6 Å². The summed E-state index contributed by atoms with van der Waals surface area (Å²) in [5.41, 5.74) is 1.57. The van der Waals surface area contributed by atoms with Crippen molar-refractivity contribution in [2.45, 2.75) is 13.8 Å². The van der Waals surface area contributed by atoms with Crippen molar-refractivity contribution in [3.05, 3.63) is 63.0 Å². The molecule has 3 aromatic rings. The fourth-order valence-corrected chi connectivity index (χ4v) is 2.86. The summed E-state index contributed by atoms with van der Waals surface area (Å²) in [5, 5.41) is 3.71. The predicted octanol–water partition coefficient (Wildman–Crippen LogP) is 3.52.